The Hall–Kier alpha value is -1.74. The summed E-state index contributed by atoms with van der Waals surface area (Å²) in [5.74, 6) is 0.689. The summed E-state index contributed by atoms with van der Waals surface area (Å²) in [6.45, 7) is 0. The van der Waals surface area contributed by atoms with Crippen molar-refractivity contribution in [1.29, 1.82) is 0 Å². The number of rotatable bonds is 3. The zero-order chi connectivity index (χ0) is 12.4. The minimum Gasteiger partial charge on any atom is -0.319 e. The molecule has 1 unspecified atom stereocenters. The Morgan fingerprint density at radius 2 is 2.00 bits per heavy atom. The summed E-state index contributed by atoms with van der Waals surface area (Å²) in [4.78, 5) is 8.20. The third kappa shape index (κ3) is 2.02. The van der Waals surface area contributed by atoms with E-state index in [-0.39, 0.29) is 6.04 Å². The fraction of sp³-hybridized carbons (Fsp3) is 0.333. The van der Waals surface area contributed by atoms with Gasteiger partial charge in [0, 0.05) is 6.20 Å². The predicted molar refractivity (Wildman–Crippen MR) is 71.1 cm³/mol. The minimum absolute atomic E-state index is 0.148. The predicted octanol–water partition coefficient (Wildman–Crippen LogP) is 2.79. The molecular weight excluding hydrogens is 222 g/mol. The highest BCUT2D eigenvalue weighted by Gasteiger charge is 2.24. The van der Waals surface area contributed by atoms with Gasteiger partial charge in [0.15, 0.2) is 0 Å². The van der Waals surface area contributed by atoms with Gasteiger partial charge in [-0.25, -0.2) is 9.97 Å². The van der Waals surface area contributed by atoms with Crippen LogP contribution in [0.15, 0.2) is 42.9 Å². The number of benzene rings is 1. The summed E-state index contributed by atoms with van der Waals surface area (Å²) < 4.78 is 0. The van der Waals surface area contributed by atoms with Crippen LogP contribution < -0.4 is 5.73 Å². The molecule has 18 heavy (non-hydrogen) atoms. The normalized spacial score (nSPS) is 17.2. The molecule has 0 bridgehead atoms. The van der Waals surface area contributed by atoms with Crippen molar-refractivity contribution in [2.24, 2.45) is 5.73 Å². The van der Waals surface area contributed by atoms with Crippen LogP contribution in [0.4, 0.5) is 0 Å². The number of nitrogens with zero attached hydrogens (tertiary/aromatic N) is 2. The second-order valence-corrected chi connectivity index (χ2v) is 4.87. The Labute approximate surface area is 107 Å². The van der Waals surface area contributed by atoms with Crippen molar-refractivity contribution >= 4 is 0 Å². The van der Waals surface area contributed by atoms with Crippen molar-refractivity contribution in [2.45, 2.75) is 31.2 Å². The van der Waals surface area contributed by atoms with Gasteiger partial charge in [0.1, 0.15) is 6.33 Å². The number of aromatic nitrogens is 2. The summed E-state index contributed by atoms with van der Waals surface area (Å²) in [7, 11) is 0. The van der Waals surface area contributed by atoms with Crippen LogP contribution in [0.25, 0.3) is 0 Å². The first-order valence-corrected chi connectivity index (χ1v) is 6.46. The molecule has 1 atom stereocenters. The molecule has 3 rings (SSSR count). The fourth-order valence-electron chi connectivity index (χ4n) is 2.53. The van der Waals surface area contributed by atoms with Crippen LogP contribution in [0.3, 0.4) is 0 Å². The Balaban J connectivity index is 1.96. The molecule has 2 N–H and O–H groups in total. The standard InChI is InChI=1S/C15H17N3/c16-15(14-8-9-17-10-18-14)13-7-2-1-6-12(13)11-4-3-5-11/h1-2,6-11,15H,3-5,16H2. The molecule has 0 amide bonds. The van der Waals surface area contributed by atoms with Crippen molar-refractivity contribution in [3.8, 4) is 0 Å². The highest BCUT2D eigenvalue weighted by Crippen LogP contribution is 2.39. The SMILES string of the molecule is NC(c1ccncn1)c1ccccc1C1CCC1. The Morgan fingerprint density at radius 3 is 2.67 bits per heavy atom. The largest absolute Gasteiger partial charge is 0.319 e. The molecule has 1 aromatic carbocycles. The van der Waals surface area contributed by atoms with Gasteiger partial charge in [0.25, 0.3) is 0 Å². The van der Waals surface area contributed by atoms with Crippen molar-refractivity contribution < 1.29 is 0 Å². The molecule has 1 saturated carbocycles. The van der Waals surface area contributed by atoms with Crippen molar-refractivity contribution in [2.75, 3.05) is 0 Å². The van der Waals surface area contributed by atoms with Gasteiger partial charge in [-0.2, -0.15) is 0 Å². The smallest absolute Gasteiger partial charge is 0.115 e. The van der Waals surface area contributed by atoms with E-state index >= 15 is 0 Å². The van der Waals surface area contributed by atoms with Crippen molar-refractivity contribution in [3.63, 3.8) is 0 Å². The van der Waals surface area contributed by atoms with Crippen LogP contribution in [-0.4, -0.2) is 9.97 Å². The lowest BCUT2D eigenvalue weighted by atomic mass is 9.77. The van der Waals surface area contributed by atoms with E-state index in [1.807, 2.05) is 6.07 Å². The highest BCUT2D eigenvalue weighted by molar-refractivity contribution is 5.37. The molecule has 0 aliphatic heterocycles. The molecular formula is C15H17N3. The summed E-state index contributed by atoms with van der Waals surface area (Å²) >= 11 is 0. The van der Waals surface area contributed by atoms with E-state index in [0.717, 1.165) is 5.69 Å². The molecule has 1 aliphatic rings. The average Bonchev–Trinajstić information content (AvgIpc) is 2.38. The quantitative estimate of drug-likeness (QED) is 0.896. The van der Waals surface area contributed by atoms with Crippen molar-refractivity contribution in [1.82, 2.24) is 9.97 Å². The van der Waals surface area contributed by atoms with Crippen LogP contribution in [0.2, 0.25) is 0 Å². The number of hydrogen-bond acceptors (Lipinski definition) is 3. The van der Waals surface area contributed by atoms with Gasteiger partial charge in [0.2, 0.25) is 0 Å². The van der Waals surface area contributed by atoms with Gasteiger partial charge in [-0.05, 0) is 36.0 Å². The fourth-order valence-corrected chi connectivity index (χ4v) is 2.53. The van der Waals surface area contributed by atoms with E-state index in [1.165, 1.54) is 30.4 Å². The lowest BCUT2D eigenvalue weighted by molar-refractivity contribution is 0.416. The van der Waals surface area contributed by atoms with Crippen molar-refractivity contribution in [3.05, 3.63) is 59.7 Å². The van der Waals surface area contributed by atoms with Gasteiger partial charge in [-0.15, -0.1) is 0 Å². The first-order chi connectivity index (χ1) is 8.86. The minimum atomic E-state index is -0.148. The topological polar surface area (TPSA) is 51.8 Å². The summed E-state index contributed by atoms with van der Waals surface area (Å²) in [5.41, 5.74) is 9.84. The Morgan fingerprint density at radius 1 is 1.17 bits per heavy atom. The molecule has 1 fully saturated rings. The lowest BCUT2D eigenvalue weighted by Gasteiger charge is -2.29. The van der Waals surface area contributed by atoms with Gasteiger partial charge in [-0.1, -0.05) is 30.7 Å². The van der Waals surface area contributed by atoms with Crippen LogP contribution in [0, 0.1) is 0 Å². The molecule has 0 spiro atoms. The van der Waals surface area contributed by atoms with E-state index < -0.39 is 0 Å². The summed E-state index contributed by atoms with van der Waals surface area (Å²) in [5, 5.41) is 0. The molecule has 1 aromatic heterocycles. The molecule has 3 heteroatoms. The van der Waals surface area contributed by atoms with E-state index in [0.29, 0.717) is 5.92 Å². The monoisotopic (exact) mass is 239 g/mol. The maximum absolute atomic E-state index is 6.34. The van der Waals surface area contributed by atoms with Crippen LogP contribution in [0.5, 0.6) is 0 Å². The number of hydrogen-bond donors (Lipinski definition) is 1. The summed E-state index contributed by atoms with van der Waals surface area (Å²) in [6, 6.07) is 10.2. The first-order valence-electron chi connectivity index (χ1n) is 6.46. The van der Waals surface area contributed by atoms with Crippen LogP contribution >= 0.6 is 0 Å². The molecule has 92 valence electrons. The van der Waals surface area contributed by atoms with E-state index in [1.54, 1.807) is 12.5 Å². The maximum Gasteiger partial charge on any atom is 0.115 e. The third-order valence-corrected chi connectivity index (χ3v) is 3.80. The van der Waals surface area contributed by atoms with Crippen LogP contribution in [-0.2, 0) is 0 Å². The van der Waals surface area contributed by atoms with E-state index in [2.05, 4.69) is 34.2 Å². The highest BCUT2D eigenvalue weighted by atomic mass is 14.8. The maximum atomic E-state index is 6.34. The number of nitrogens with two attached hydrogens (primary N) is 1. The molecule has 2 aromatic rings. The summed E-state index contributed by atoms with van der Waals surface area (Å²) in [6.07, 6.45) is 7.21. The second kappa shape index (κ2) is 4.86. The average molecular weight is 239 g/mol. The zero-order valence-corrected chi connectivity index (χ0v) is 10.3. The van der Waals surface area contributed by atoms with E-state index in [9.17, 15) is 0 Å². The van der Waals surface area contributed by atoms with Gasteiger partial charge < -0.3 is 5.73 Å². The zero-order valence-electron chi connectivity index (χ0n) is 10.3. The molecule has 1 heterocycles. The molecule has 3 nitrogen and oxygen atoms in total. The molecule has 0 saturated heterocycles. The Kier molecular flexibility index (Phi) is 3.07. The Bertz CT molecular complexity index is 520. The van der Waals surface area contributed by atoms with Crippen LogP contribution in [0.1, 0.15) is 48.0 Å². The molecule has 1 aliphatic carbocycles. The second-order valence-electron chi connectivity index (χ2n) is 4.87. The van der Waals surface area contributed by atoms with E-state index in [4.69, 9.17) is 5.73 Å². The molecule has 0 radical (unpaired) electrons. The van der Waals surface area contributed by atoms with Gasteiger partial charge >= 0.3 is 0 Å². The van der Waals surface area contributed by atoms with Gasteiger partial charge in [-0.3, -0.25) is 0 Å². The van der Waals surface area contributed by atoms with Gasteiger partial charge in [0.05, 0.1) is 11.7 Å². The first kappa shape index (κ1) is 11.4. The third-order valence-electron chi connectivity index (χ3n) is 3.80. The lowest BCUT2D eigenvalue weighted by Crippen LogP contribution is -2.19.